The molecule has 2 heterocycles. The van der Waals surface area contributed by atoms with E-state index in [0.29, 0.717) is 17.4 Å². The molecule has 2 aromatic heterocycles. The molecule has 0 aromatic carbocycles. The van der Waals surface area contributed by atoms with E-state index in [-0.39, 0.29) is 18.1 Å². The summed E-state index contributed by atoms with van der Waals surface area (Å²) in [5.74, 6) is -0.220. The molecule has 2 aromatic rings. The minimum atomic E-state index is -0.308. The zero-order valence-electron chi connectivity index (χ0n) is 12.3. The van der Waals surface area contributed by atoms with Gasteiger partial charge in [0.2, 0.25) is 5.91 Å². The number of halogens is 1. The van der Waals surface area contributed by atoms with E-state index in [1.807, 2.05) is 11.9 Å². The lowest BCUT2D eigenvalue weighted by molar-refractivity contribution is -0.131. The second kappa shape index (κ2) is 5.84. The molecule has 0 aliphatic heterocycles. The van der Waals surface area contributed by atoms with Gasteiger partial charge in [-0.3, -0.25) is 4.79 Å². The molecule has 0 spiro atoms. The number of amides is 1. The number of fused-ring (bicyclic) bond motifs is 1. The van der Waals surface area contributed by atoms with E-state index in [4.69, 9.17) is 0 Å². The zero-order valence-corrected chi connectivity index (χ0v) is 12.3. The van der Waals surface area contributed by atoms with Crippen molar-refractivity contribution >= 4 is 11.6 Å². The quantitative estimate of drug-likeness (QED) is 0.871. The van der Waals surface area contributed by atoms with Gasteiger partial charge in [-0.05, 0) is 25.0 Å². The molecule has 21 heavy (non-hydrogen) atoms. The van der Waals surface area contributed by atoms with Crippen molar-refractivity contribution in [1.29, 1.82) is 0 Å². The van der Waals surface area contributed by atoms with E-state index in [1.165, 1.54) is 31.5 Å². The smallest absolute Gasteiger partial charge is 0.228 e. The summed E-state index contributed by atoms with van der Waals surface area (Å²) < 4.78 is 14.8. The van der Waals surface area contributed by atoms with Gasteiger partial charge in [0.15, 0.2) is 0 Å². The number of aromatic nitrogens is 2. The Hall–Kier alpha value is -1.91. The average molecular weight is 289 g/mol. The summed E-state index contributed by atoms with van der Waals surface area (Å²) >= 11 is 0. The largest absolute Gasteiger partial charge is 0.342 e. The first-order valence-corrected chi connectivity index (χ1v) is 7.52. The van der Waals surface area contributed by atoms with Gasteiger partial charge >= 0.3 is 0 Å². The summed E-state index contributed by atoms with van der Waals surface area (Å²) in [5.41, 5.74) is 1.35. The Bertz CT molecular complexity index is 646. The Morgan fingerprint density at radius 1 is 1.33 bits per heavy atom. The summed E-state index contributed by atoms with van der Waals surface area (Å²) in [6, 6.07) is 3.36. The molecule has 112 valence electrons. The third kappa shape index (κ3) is 3.06. The van der Waals surface area contributed by atoms with Crippen molar-refractivity contribution in [3.05, 3.63) is 36.0 Å². The normalized spacial score (nSPS) is 16.3. The molecule has 0 unspecified atom stereocenters. The Morgan fingerprint density at radius 2 is 2.10 bits per heavy atom. The summed E-state index contributed by atoms with van der Waals surface area (Å²) in [6.45, 7) is 0. The third-order valence-corrected chi connectivity index (χ3v) is 4.31. The highest BCUT2D eigenvalue weighted by atomic mass is 19.1. The number of hydrogen-bond acceptors (Lipinski definition) is 2. The maximum Gasteiger partial charge on any atom is 0.228 e. The highest BCUT2D eigenvalue weighted by Crippen LogP contribution is 2.22. The monoisotopic (exact) mass is 289 g/mol. The Morgan fingerprint density at radius 3 is 2.86 bits per heavy atom. The van der Waals surface area contributed by atoms with Crippen molar-refractivity contribution in [2.24, 2.45) is 0 Å². The van der Waals surface area contributed by atoms with Crippen LogP contribution in [0.15, 0.2) is 24.5 Å². The Balaban J connectivity index is 1.70. The highest BCUT2D eigenvalue weighted by molar-refractivity contribution is 5.78. The number of carbonyl (C=O) groups is 1. The molecule has 0 atom stereocenters. The van der Waals surface area contributed by atoms with Crippen LogP contribution in [-0.4, -0.2) is 33.3 Å². The van der Waals surface area contributed by atoms with Gasteiger partial charge in [0.25, 0.3) is 0 Å². The molecule has 1 aliphatic carbocycles. The van der Waals surface area contributed by atoms with Gasteiger partial charge in [0.05, 0.1) is 12.1 Å². The summed E-state index contributed by atoms with van der Waals surface area (Å²) in [5, 5.41) is 0. The molecule has 1 amide bonds. The molecule has 0 saturated heterocycles. The van der Waals surface area contributed by atoms with Crippen LogP contribution in [0, 0.1) is 5.82 Å². The standard InChI is InChI=1S/C16H20FN3O/c1-19(14-5-3-2-4-6-14)16(21)9-13-11-20-10-12(17)7-8-15(20)18-13/h7-8,10-11,14H,2-6,9H2,1H3. The van der Waals surface area contributed by atoms with Gasteiger partial charge in [-0.2, -0.15) is 0 Å². The van der Waals surface area contributed by atoms with Crippen LogP contribution < -0.4 is 0 Å². The SMILES string of the molecule is CN(C(=O)Cc1cn2cc(F)ccc2n1)C1CCCCC1. The molecule has 3 rings (SSSR count). The second-order valence-corrected chi connectivity index (χ2v) is 5.82. The molecular formula is C16H20FN3O. The third-order valence-electron chi connectivity index (χ3n) is 4.31. The number of pyridine rings is 1. The number of imidazole rings is 1. The predicted molar refractivity (Wildman–Crippen MR) is 78.5 cm³/mol. The van der Waals surface area contributed by atoms with Gasteiger partial charge in [-0.15, -0.1) is 0 Å². The predicted octanol–water partition coefficient (Wildman–Crippen LogP) is 2.81. The van der Waals surface area contributed by atoms with Crippen LogP contribution in [-0.2, 0) is 11.2 Å². The average Bonchev–Trinajstić information content (AvgIpc) is 2.88. The topological polar surface area (TPSA) is 37.6 Å². The molecule has 0 N–H and O–H groups in total. The number of carbonyl (C=O) groups excluding carboxylic acids is 1. The Labute approximate surface area is 123 Å². The fraction of sp³-hybridized carbons (Fsp3) is 0.500. The van der Waals surface area contributed by atoms with Crippen molar-refractivity contribution in [3.8, 4) is 0 Å². The zero-order chi connectivity index (χ0) is 14.8. The van der Waals surface area contributed by atoms with E-state index in [2.05, 4.69) is 4.98 Å². The molecule has 1 fully saturated rings. The lowest BCUT2D eigenvalue weighted by atomic mass is 9.94. The van der Waals surface area contributed by atoms with Crippen LogP contribution in [0.4, 0.5) is 4.39 Å². The number of hydrogen-bond donors (Lipinski definition) is 0. The van der Waals surface area contributed by atoms with Crippen LogP contribution in [0.2, 0.25) is 0 Å². The molecule has 5 heteroatoms. The van der Waals surface area contributed by atoms with E-state index < -0.39 is 0 Å². The van der Waals surface area contributed by atoms with Crippen molar-refractivity contribution < 1.29 is 9.18 Å². The van der Waals surface area contributed by atoms with Crippen molar-refractivity contribution in [1.82, 2.24) is 14.3 Å². The maximum absolute atomic E-state index is 13.2. The van der Waals surface area contributed by atoms with Crippen LogP contribution in [0.25, 0.3) is 5.65 Å². The van der Waals surface area contributed by atoms with E-state index in [9.17, 15) is 9.18 Å². The second-order valence-electron chi connectivity index (χ2n) is 5.82. The lowest BCUT2D eigenvalue weighted by Gasteiger charge is -2.31. The molecule has 0 radical (unpaired) electrons. The summed E-state index contributed by atoms with van der Waals surface area (Å²) in [7, 11) is 1.88. The lowest BCUT2D eigenvalue weighted by Crippen LogP contribution is -2.39. The van der Waals surface area contributed by atoms with Crippen LogP contribution >= 0.6 is 0 Å². The fourth-order valence-electron chi connectivity index (χ4n) is 3.05. The first-order chi connectivity index (χ1) is 10.1. The van der Waals surface area contributed by atoms with E-state index >= 15 is 0 Å². The molecular weight excluding hydrogens is 269 g/mol. The van der Waals surface area contributed by atoms with Gasteiger partial charge < -0.3 is 9.30 Å². The van der Waals surface area contributed by atoms with Crippen molar-refractivity contribution in [3.63, 3.8) is 0 Å². The fourth-order valence-corrected chi connectivity index (χ4v) is 3.05. The first kappa shape index (κ1) is 14.0. The summed E-state index contributed by atoms with van der Waals surface area (Å²) in [6.07, 6.45) is 9.25. The first-order valence-electron chi connectivity index (χ1n) is 7.52. The van der Waals surface area contributed by atoms with E-state index in [1.54, 1.807) is 16.7 Å². The molecule has 0 bridgehead atoms. The van der Waals surface area contributed by atoms with Crippen LogP contribution in [0.1, 0.15) is 37.8 Å². The number of nitrogens with zero attached hydrogens (tertiary/aromatic N) is 3. The van der Waals surface area contributed by atoms with Crippen molar-refractivity contribution in [2.75, 3.05) is 7.05 Å². The van der Waals surface area contributed by atoms with Gasteiger partial charge in [-0.25, -0.2) is 9.37 Å². The Kier molecular flexibility index (Phi) is 3.90. The van der Waals surface area contributed by atoms with Crippen LogP contribution in [0.3, 0.4) is 0 Å². The molecule has 1 aliphatic rings. The van der Waals surface area contributed by atoms with Gasteiger partial charge in [-0.1, -0.05) is 19.3 Å². The minimum Gasteiger partial charge on any atom is -0.342 e. The van der Waals surface area contributed by atoms with Gasteiger partial charge in [0, 0.05) is 25.5 Å². The number of rotatable bonds is 3. The van der Waals surface area contributed by atoms with Crippen LogP contribution in [0.5, 0.6) is 0 Å². The number of likely N-dealkylation sites (N-methyl/N-ethyl adjacent to an activating group) is 1. The van der Waals surface area contributed by atoms with E-state index in [0.717, 1.165) is 12.8 Å². The minimum absolute atomic E-state index is 0.0887. The van der Waals surface area contributed by atoms with Crippen molar-refractivity contribution in [2.45, 2.75) is 44.6 Å². The van der Waals surface area contributed by atoms with Gasteiger partial charge in [0.1, 0.15) is 11.5 Å². The molecule has 4 nitrogen and oxygen atoms in total. The molecule has 1 saturated carbocycles. The summed E-state index contributed by atoms with van der Waals surface area (Å²) in [4.78, 5) is 18.6. The maximum atomic E-state index is 13.2. The highest BCUT2D eigenvalue weighted by Gasteiger charge is 2.22.